The monoisotopic (exact) mass is 293 g/mol. The van der Waals surface area contributed by atoms with E-state index in [9.17, 15) is 4.79 Å². The second-order valence-electron chi connectivity index (χ2n) is 6.09. The lowest BCUT2D eigenvalue weighted by Crippen LogP contribution is -2.45. The third-order valence-electron chi connectivity index (χ3n) is 4.51. The van der Waals surface area contributed by atoms with Crippen molar-refractivity contribution in [3.05, 3.63) is 11.6 Å². The summed E-state index contributed by atoms with van der Waals surface area (Å²) in [5, 5.41) is 13.6. The van der Waals surface area contributed by atoms with Crippen LogP contribution in [0.3, 0.4) is 0 Å². The quantitative estimate of drug-likeness (QED) is 0.822. The Morgan fingerprint density at radius 3 is 2.76 bits per heavy atom. The van der Waals surface area contributed by atoms with Crippen LogP contribution in [0, 0.1) is 5.92 Å². The van der Waals surface area contributed by atoms with Gasteiger partial charge >= 0.3 is 5.97 Å². The number of carbonyl (C=O) groups is 1. The maximum atomic E-state index is 11.1. The fraction of sp³-hybridized carbons (Fsp3) is 0.786. The molecule has 1 fully saturated rings. The van der Waals surface area contributed by atoms with Crippen LogP contribution in [0.25, 0.3) is 0 Å². The minimum atomic E-state index is -0.719. The number of hydrogen-bond acceptors (Lipinski definition) is 5. The average molecular weight is 293 g/mol. The van der Waals surface area contributed by atoms with Crippen LogP contribution in [-0.2, 0) is 24.2 Å². The number of aryl methyl sites for hydroxylation is 1. The second kappa shape index (κ2) is 6.11. The van der Waals surface area contributed by atoms with Crippen molar-refractivity contribution in [2.24, 2.45) is 5.92 Å². The number of likely N-dealkylation sites (N-methyl/N-ethyl adjacent to an activating group) is 1. The molecule has 7 nitrogen and oxygen atoms in total. The van der Waals surface area contributed by atoms with E-state index in [1.807, 2.05) is 4.68 Å². The zero-order chi connectivity index (χ0) is 14.8. The Morgan fingerprint density at radius 2 is 2.05 bits per heavy atom. The normalized spacial score (nSPS) is 24.0. The van der Waals surface area contributed by atoms with Crippen molar-refractivity contribution in [2.75, 3.05) is 39.8 Å². The molecule has 1 aromatic heterocycles. The van der Waals surface area contributed by atoms with E-state index >= 15 is 0 Å². The van der Waals surface area contributed by atoms with E-state index in [1.165, 1.54) is 0 Å². The molecule has 7 heteroatoms. The Kier molecular flexibility index (Phi) is 4.21. The summed E-state index contributed by atoms with van der Waals surface area (Å²) in [5.41, 5.74) is 0. The molecule has 1 atom stereocenters. The Hall–Kier alpha value is -1.47. The van der Waals surface area contributed by atoms with Gasteiger partial charge in [-0.05, 0) is 13.5 Å². The summed E-state index contributed by atoms with van der Waals surface area (Å²) in [7, 11) is 2.15. The van der Waals surface area contributed by atoms with Crippen molar-refractivity contribution >= 4 is 5.97 Å². The van der Waals surface area contributed by atoms with Gasteiger partial charge in [0.25, 0.3) is 0 Å². The number of aliphatic carboxylic acids is 1. The number of nitrogens with zero attached hydrogens (tertiary/aromatic N) is 5. The molecule has 1 saturated heterocycles. The van der Waals surface area contributed by atoms with E-state index in [0.29, 0.717) is 19.4 Å². The van der Waals surface area contributed by atoms with E-state index in [-0.39, 0.29) is 5.92 Å². The van der Waals surface area contributed by atoms with Gasteiger partial charge in [0.05, 0.1) is 5.92 Å². The van der Waals surface area contributed by atoms with Gasteiger partial charge in [-0.3, -0.25) is 4.79 Å². The molecule has 1 N–H and O–H groups in total. The molecule has 2 aliphatic heterocycles. The van der Waals surface area contributed by atoms with Crippen LogP contribution in [0.2, 0.25) is 0 Å². The third kappa shape index (κ3) is 3.41. The lowest BCUT2D eigenvalue weighted by atomic mass is 9.98. The topological polar surface area (TPSA) is 74.5 Å². The largest absolute Gasteiger partial charge is 0.481 e. The van der Waals surface area contributed by atoms with Gasteiger partial charge in [-0.1, -0.05) is 0 Å². The second-order valence-corrected chi connectivity index (χ2v) is 6.09. The van der Waals surface area contributed by atoms with Crippen molar-refractivity contribution in [1.82, 2.24) is 24.6 Å². The Balaban J connectivity index is 1.55. The highest BCUT2D eigenvalue weighted by Gasteiger charge is 2.26. The smallest absolute Gasteiger partial charge is 0.307 e. The first-order valence-electron chi connectivity index (χ1n) is 7.68. The van der Waals surface area contributed by atoms with Gasteiger partial charge in [-0.15, -0.1) is 0 Å². The van der Waals surface area contributed by atoms with Crippen molar-refractivity contribution in [3.8, 4) is 0 Å². The van der Waals surface area contributed by atoms with Gasteiger partial charge in [0.2, 0.25) is 0 Å². The number of hydrogen-bond donors (Lipinski definition) is 1. The first kappa shape index (κ1) is 14.5. The molecule has 0 bridgehead atoms. The number of rotatable bonds is 4. The first-order chi connectivity index (χ1) is 10.1. The van der Waals surface area contributed by atoms with Crippen LogP contribution < -0.4 is 0 Å². The van der Waals surface area contributed by atoms with E-state index < -0.39 is 5.97 Å². The fourth-order valence-electron chi connectivity index (χ4n) is 3.00. The first-order valence-corrected chi connectivity index (χ1v) is 7.68. The fourth-order valence-corrected chi connectivity index (χ4v) is 3.00. The van der Waals surface area contributed by atoms with Gasteiger partial charge in [0, 0.05) is 52.1 Å². The van der Waals surface area contributed by atoms with Crippen LogP contribution in [0.4, 0.5) is 0 Å². The highest BCUT2D eigenvalue weighted by molar-refractivity contribution is 5.70. The number of piperazine rings is 1. The molecule has 0 aromatic carbocycles. The summed E-state index contributed by atoms with van der Waals surface area (Å²) in [4.78, 5) is 20.4. The molecule has 0 aliphatic carbocycles. The van der Waals surface area contributed by atoms with Gasteiger partial charge in [0.15, 0.2) is 5.82 Å². The predicted octanol–water partition coefficient (Wildman–Crippen LogP) is -0.285. The highest BCUT2D eigenvalue weighted by Crippen LogP contribution is 2.19. The Bertz CT molecular complexity index is 507. The van der Waals surface area contributed by atoms with Gasteiger partial charge in [-0.25, -0.2) is 9.67 Å². The van der Waals surface area contributed by atoms with Crippen LogP contribution in [0.5, 0.6) is 0 Å². The molecular formula is C14H23N5O2. The molecule has 3 heterocycles. The van der Waals surface area contributed by atoms with Crippen molar-refractivity contribution in [2.45, 2.75) is 25.8 Å². The minimum Gasteiger partial charge on any atom is -0.481 e. The molecular weight excluding hydrogens is 270 g/mol. The lowest BCUT2D eigenvalue weighted by Gasteiger charge is -2.31. The zero-order valence-electron chi connectivity index (χ0n) is 12.5. The van der Waals surface area contributed by atoms with Crippen molar-refractivity contribution in [1.29, 1.82) is 0 Å². The maximum Gasteiger partial charge on any atom is 0.307 e. The summed E-state index contributed by atoms with van der Waals surface area (Å²) < 4.78 is 1.89. The lowest BCUT2D eigenvalue weighted by molar-refractivity contribution is -0.142. The predicted molar refractivity (Wildman–Crippen MR) is 77.1 cm³/mol. The van der Waals surface area contributed by atoms with Gasteiger partial charge < -0.3 is 14.9 Å². The van der Waals surface area contributed by atoms with E-state index in [1.54, 1.807) is 0 Å². The SMILES string of the molecule is CN1CCN(CCc2nc3n(n2)CCC(C(=O)O)C3)CC1. The van der Waals surface area contributed by atoms with Crippen molar-refractivity contribution in [3.63, 3.8) is 0 Å². The van der Waals surface area contributed by atoms with E-state index in [2.05, 4.69) is 26.9 Å². The molecule has 2 aliphatic rings. The molecule has 0 amide bonds. The van der Waals surface area contributed by atoms with Crippen LogP contribution in [0.15, 0.2) is 0 Å². The summed E-state index contributed by atoms with van der Waals surface area (Å²) in [6, 6.07) is 0. The van der Waals surface area contributed by atoms with Crippen LogP contribution >= 0.6 is 0 Å². The molecule has 0 saturated carbocycles. The van der Waals surface area contributed by atoms with E-state index in [0.717, 1.165) is 50.8 Å². The summed E-state index contributed by atoms with van der Waals surface area (Å²) in [5.74, 6) is 0.674. The van der Waals surface area contributed by atoms with Crippen LogP contribution in [-0.4, -0.2) is 75.4 Å². The number of fused-ring (bicyclic) bond motifs is 1. The standard InChI is InChI=1S/C14H23N5O2/c1-17-6-8-18(9-7-17)4-3-12-15-13-10-11(14(20)21)2-5-19(13)16-12/h11H,2-10H2,1H3,(H,20,21). The molecule has 116 valence electrons. The summed E-state index contributed by atoms with van der Waals surface area (Å²) >= 11 is 0. The Labute approximate surface area is 124 Å². The third-order valence-corrected chi connectivity index (χ3v) is 4.51. The highest BCUT2D eigenvalue weighted by atomic mass is 16.4. The van der Waals surface area contributed by atoms with Crippen molar-refractivity contribution < 1.29 is 9.90 Å². The molecule has 0 spiro atoms. The summed E-state index contributed by atoms with van der Waals surface area (Å²) in [6.07, 6.45) is 2.02. The molecule has 1 unspecified atom stereocenters. The van der Waals surface area contributed by atoms with Gasteiger partial charge in [-0.2, -0.15) is 5.10 Å². The molecule has 1 aromatic rings. The minimum absolute atomic E-state index is 0.299. The molecule has 21 heavy (non-hydrogen) atoms. The number of carboxylic acids is 1. The molecule has 0 radical (unpaired) electrons. The zero-order valence-corrected chi connectivity index (χ0v) is 12.5. The molecule has 3 rings (SSSR count). The van der Waals surface area contributed by atoms with Crippen LogP contribution in [0.1, 0.15) is 18.1 Å². The van der Waals surface area contributed by atoms with E-state index in [4.69, 9.17) is 5.11 Å². The average Bonchev–Trinajstić information content (AvgIpc) is 2.88. The van der Waals surface area contributed by atoms with Gasteiger partial charge in [0.1, 0.15) is 5.82 Å². The number of aromatic nitrogens is 3. The Morgan fingerprint density at radius 1 is 1.29 bits per heavy atom. The summed E-state index contributed by atoms with van der Waals surface area (Å²) in [6.45, 7) is 6.10. The maximum absolute atomic E-state index is 11.1. The number of carboxylic acid groups (broad SMARTS) is 1.